The lowest BCUT2D eigenvalue weighted by Crippen LogP contribution is -2.48. The quantitative estimate of drug-likeness (QED) is 0.898. The summed E-state index contributed by atoms with van der Waals surface area (Å²) in [6, 6.07) is 6.89. The highest BCUT2D eigenvalue weighted by Crippen LogP contribution is 2.13. The summed E-state index contributed by atoms with van der Waals surface area (Å²) in [6.45, 7) is 5.23. The summed E-state index contributed by atoms with van der Waals surface area (Å²) in [4.78, 5) is 40.5. The van der Waals surface area contributed by atoms with E-state index in [1.165, 1.54) is 4.57 Å². The van der Waals surface area contributed by atoms with Gasteiger partial charge in [0.1, 0.15) is 0 Å². The van der Waals surface area contributed by atoms with Crippen LogP contribution in [-0.4, -0.2) is 45.7 Å². The van der Waals surface area contributed by atoms with E-state index in [2.05, 4.69) is 4.98 Å². The summed E-state index contributed by atoms with van der Waals surface area (Å²) in [5, 5.41) is 0.443. The van der Waals surface area contributed by atoms with E-state index < -0.39 is 11.2 Å². The van der Waals surface area contributed by atoms with Crippen LogP contribution < -0.4 is 11.2 Å². The number of morpholine rings is 1. The van der Waals surface area contributed by atoms with Crippen LogP contribution in [-0.2, 0) is 16.1 Å². The number of hydrogen-bond donors (Lipinski definition) is 1. The molecule has 0 spiro atoms. The zero-order chi connectivity index (χ0) is 17.3. The largest absolute Gasteiger partial charge is 0.372 e. The number of rotatable bonds is 3. The predicted molar refractivity (Wildman–Crippen MR) is 90.0 cm³/mol. The van der Waals surface area contributed by atoms with Gasteiger partial charge in [0.15, 0.2) is 0 Å². The van der Waals surface area contributed by atoms with Gasteiger partial charge in [-0.25, -0.2) is 4.79 Å². The van der Waals surface area contributed by atoms with E-state index in [0.29, 0.717) is 24.0 Å². The van der Waals surface area contributed by atoms with Crippen LogP contribution >= 0.6 is 0 Å². The van der Waals surface area contributed by atoms with Crippen molar-refractivity contribution in [3.8, 4) is 0 Å². The molecule has 1 aromatic carbocycles. The van der Waals surface area contributed by atoms with Crippen molar-refractivity contribution in [2.24, 2.45) is 0 Å². The summed E-state index contributed by atoms with van der Waals surface area (Å²) in [5.74, 6) is -0.0146. The third-order valence-electron chi connectivity index (χ3n) is 4.23. The molecule has 1 aliphatic heterocycles. The molecule has 0 aliphatic carbocycles. The molecule has 1 fully saturated rings. The molecule has 1 N–H and O–H groups in total. The number of para-hydroxylation sites is 1. The molecule has 7 heteroatoms. The number of nitrogens with zero attached hydrogens (tertiary/aromatic N) is 2. The van der Waals surface area contributed by atoms with Gasteiger partial charge in [-0.3, -0.25) is 19.1 Å². The highest BCUT2D eigenvalue weighted by molar-refractivity contribution is 5.79. The molecule has 24 heavy (non-hydrogen) atoms. The zero-order valence-corrected chi connectivity index (χ0v) is 13.8. The first-order chi connectivity index (χ1) is 11.5. The third kappa shape index (κ3) is 3.26. The van der Waals surface area contributed by atoms with Crippen molar-refractivity contribution in [3.05, 3.63) is 45.1 Å². The molecule has 2 atom stereocenters. The van der Waals surface area contributed by atoms with Crippen molar-refractivity contribution in [2.45, 2.75) is 39.0 Å². The van der Waals surface area contributed by atoms with Gasteiger partial charge in [0.05, 0.1) is 23.1 Å². The van der Waals surface area contributed by atoms with Crippen molar-refractivity contribution < 1.29 is 9.53 Å². The Balaban J connectivity index is 1.80. The van der Waals surface area contributed by atoms with Crippen LogP contribution in [0.15, 0.2) is 33.9 Å². The van der Waals surface area contributed by atoms with E-state index in [-0.39, 0.29) is 31.1 Å². The second-order valence-corrected chi connectivity index (χ2v) is 6.23. The molecule has 0 unspecified atom stereocenters. The number of carbonyl (C=O) groups is 1. The van der Waals surface area contributed by atoms with Crippen LogP contribution in [0.1, 0.15) is 20.3 Å². The molecule has 1 saturated heterocycles. The first-order valence-corrected chi connectivity index (χ1v) is 8.11. The average molecular weight is 331 g/mol. The Hall–Kier alpha value is -2.41. The molecule has 3 rings (SSSR count). The summed E-state index contributed by atoms with van der Waals surface area (Å²) >= 11 is 0. The molecule has 7 nitrogen and oxygen atoms in total. The van der Waals surface area contributed by atoms with Crippen molar-refractivity contribution >= 4 is 16.8 Å². The lowest BCUT2D eigenvalue weighted by atomic mass is 10.2. The predicted octanol–water partition coefficient (Wildman–Crippen LogP) is 0.716. The van der Waals surface area contributed by atoms with E-state index in [9.17, 15) is 14.4 Å². The number of carbonyl (C=O) groups excluding carboxylic acids is 1. The number of fused-ring (bicyclic) bond motifs is 1. The van der Waals surface area contributed by atoms with Gasteiger partial charge in [-0.15, -0.1) is 0 Å². The smallest absolute Gasteiger partial charge is 0.328 e. The average Bonchev–Trinajstić information content (AvgIpc) is 2.53. The highest BCUT2D eigenvalue weighted by Gasteiger charge is 2.25. The molecule has 1 amide bonds. The Bertz CT molecular complexity index is 860. The minimum Gasteiger partial charge on any atom is -0.372 e. The van der Waals surface area contributed by atoms with E-state index in [1.54, 1.807) is 29.2 Å². The minimum absolute atomic E-state index is 0.00864. The fourth-order valence-corrected chi connectivity index (χ4v) is 3.21. The van der Waals surface area contributed by atoms with E-state index >= 15 is 0 Å². The molecule has 1 aliphatic rings. The van der Waals surface area contributed by atoms with Crippen LogP contribution in [0, 0.1) is 0 Å². The first-order valence-electron chi connectivity index (χ1n) is 8.11. The molecule has 0 radical (unpaired) electrons. The van der Waals surface area contributed by atoms with Crippen LogP contribution in [0.4, 0.5) is 0 Å². The van der Waals surface area contributed by atoms with E-state index in [4.69, 9.17) is 4.74 Å². The number of amides is 1. The summed E-state index contributed by atoms with van der Waals surface area (Å²) < 4.78 is 7.08. The first kappa shape index (κ1) is 16.4. The number of hydrogen-bond acceptors (Lipinski definition) is 4. The summed E-state index contributed by atoms with van der Waals surface area (Å²) in [5.41, 5.74) is -0.355. The third-order valence-corrected chi connectivity index (χ3v) is 4.23. The van der Waals surface area contributed by atoms with Gasteiger partial charge in [-0.2, -0.15) is 0 Å². The van der Waals surface area contributed by atoms with Gasteiger partial charge in [0.25, 0.3) is 5.56 Å². The molecule has 0 bridgehead atoms. The SMILES string of the molecule is C[C@@H]1CN(C(=O)CCn2c(=O)[nH]c(=O)c3ccccc32)C[C@@H](C)O1. The Labute approximate surface area is 138 Å². The maximum Gasteiger partial charge on any atom is 0.328 e. The van der Waals surface area contributed by atoms with Crippen LogP contribution in [0.25, 0.3) is 10.9 Å². The van der Waals surface area contributed by atoms with Crippen molar-refractivity contribution in [2.75, 3.05) is 13.1 Å². The molecule has 128 valence electrons. The van der Waals surface area contributed by atoms with E-state index in [1.807, 2.05) is 13.8 Å². The number of nitrogens with one attached hydrogen (secondary N) is 1. The standard InChI is InChI=1S/C17H21N3O4/c1-11-9-19(10-12(2)24-11)15(21)7-8-20-14-6-4-3-5-13(14)16(22)18-17(20)23/h3-6,11-12H,7-10H2,1-2H3,(H,18,22,23)/t11-,12-/m1/s1. The van der Waals surface area contributed by atoms with Crippen molar-refractivity contribution in [1.82, 2.24) is 14.5 Å². The van der Waals surface area contributed by atoms with Gasteiger partial charge >= 0.3 is 5.69 Å². The Morgan fingerprint density at radius 2 is 1.88 bits per heavy atom. The number of H-pyrrole nitrogens is 1. The summed E-state index contributed by atoms with van der Waals surface area (Å²) in [7, 11) is 0. The molecule has 0 saturated carbocycles. The van der Waals surface area contributed by atoms with Gasteiger partial charge in [-0.1, -0.05) is 12.1 Å². The fourth-order valence-electron chi connectivity index (χ4n) is 3.21. The normalized spacial score (nSPS) is 21.2. The maximum absolute atomic E-state index is 12.5. The van der Waals surface area contributed by atoms with E-state index in [0.717, 1.165) is 0 Å². The number of ether oxygens (including phenoxy) is 1. The molecule has 1 aromatic heterocycles. The van der Waals surface area contributed by atoms with Crippen LogP contribution in [0.2, 0.25) is 0 Å². The van der Waals surface area contributed by atoms with Crippen molar-refractivity contribution in [3.63, 3.8) is 0 Å². The zero-order valence-electron chi connectivity index (χ0n) is 13.8. The Kier molecular flexibility index (Phi) is 4.53. The van der Waals surface area contributed by atoms with Gasteiger partial charge in [0, 0.05) is 26.1 Å². The molecular weight excluding hydrogens is 310 g/mol. The second-order valence-electron chi connectivity index (χ2n) is 6.23. The maximum atomic E-state index is 12.5. The lowest BCUT2D eigenvalue weighted by Gasteiger charge is -2.35. The lowest BCUT2D eigenvalue weighted by molar-refractivity contribution is -0.143. The Morgan fingerprint density at radius 3 is 2.58 bits per heavy atom. The fraction of sp³-hybridized carbons (Fsp3) is 0.471. The second kappa shape index (κ2) is 6.60. The van der Waals surface area contributed by atoms with Gasteiger partial charge in [0.2, 0.25) is 5.91 Å². The van der Waals surface area contributed by atoms with Crippen LogP contribution in [0.5, 0.6) is 0 Å². The number of aromatic amines is 1. The Morgan fingerprint density at radius 1 is 1.21 bits per heavy atom. The molecular formula is C17H21N3O4. The topological polar surface area (TPSA) is 84.4 Å². The van der Waals surface area contributed by atoms with Crippen LogP contribution in [0.3, 0.4) is 0 Å². The number of benzene rings is 1. The molecule has 2 aromatic rings. The van der Waals surface area contributed by atoms with Gasteiger partial charge < -0.3 is 9.64 Å². The van der Waals surface area contributed by atoms with Crippen molar-refractivity contribution in [1.29, 1.82) is 0 Å². The number of aromatic nitrogens is 2. The molecule has 2 heterocycles. The van der Waals surface area contributed by atoms with Gasteiger partial charge in [-0.05, 0) is 26.0 Å². The highest BCUT2D eigenvalue weighted by atomic mass is 16.5. The monoisotopic (exact) mass is 331 g/mol. The minimum atomic E-state index is -0.491. The number of aryl methyl sites for hydroxylation is 1. The summed E-state index contributed by atoms with van der Waals surface area (Å²) in [6.07, 6.45) is 0.221.